The van der Waals surface area contributed by atoms with E-state index in [9.17, 15) is 45.5 Å². The molecule has 0 unspecified atom stereocenters. The smallest absolute Gasteiger partial charge is 0.354 e. The van der Waals surface area contributed by atoms with Crippen LogP contribution in [-0.2, 0) is 10.8 Å². The number of imide groups is 2. The number of hydrogen-bond donors (Lipinski definition) is 2. The molecule has 6 rings (SSSR count). The minimum absolute atomic E-state index is 0.0474. The molecule has 0 bridgehead atoms. The van der Waals surface area contributed by atoms with Crippen LogP contribution in [0, 0.1) is 0 Å². The number of anilines is 3. The van der Waals surface area contributed by atoms with Gasteiger partial charge in [-0.15, -0.1) is 0 Å². The second kappa shape index (κ2) is 10.8. The van der Waals surface area contributed by atoms with Gasteiger partial charge in [0.25, 0.3) is 23.6 Å². The molecule has 4 amide bonds. The van der Waals surface area contributed by atoms with Gasteiger partial charge >= 0.3 is 12.4 Å². The summed E-state index contributed by atoms with van der Waals surface area (Å²) in [6.45, 7) is 5.66. The molecule has 0 spiro atoms. The van der Waals surface area contributed by atoms with Crippen LogP contribution in [0.15, 0.2) is 84.9 Å². The van der Waals surface area contributed by atoms with Crippen LogP contribution in [0.2, 0.25) is 0 Å². The quantitative estimate of drug-likeness (QED) is 0.168. The van der Waals surface area contributed by atoms with E-state index in [0.717, 1.165) is 11.0 Å². The van der Waals surface area contributed by atoms with Crippen molar-refractivity contribution in [3.8, 4) is 0 Å². The topological polar surface area (TPSA) is 95.6 Å². The van der Waals surface area contributed by atoms with Gasteiger partial charge in [0.15, 0.2) is 0 Å². The Hall–Kier alpha value is -5.46. The van der Waals surface area contributed by atoms with Gasteiger partial charge in [-0.1, -0.05) is 57.2 Å². The van der Waals surface area contributed by atoms with Crippen LogP contribution in [-0.4, -0.2) is 36.0 Å². The van der Waals surface area contributed by atoms with Crippen molar-refractivity contribution in [1.29, 1.82) is 0 Å². The van der Waals surface area contributed by atoms with E-state index in [1.165, 1.54) is 0 Å². The summed E-state index contributed by atoms with van der Waals surface area (Å²) in [6, 6.07) is 16.9. The third kappa shape index (κ3) is 4.92. The van der Waals surface area contributed by atoms with Crippen LogP contribution in [0.3, 0.4) is 0 Å². The lowest BCUT2D eigenvalue weighted by molar-refractivity contribution is -0.288. The maximum Gasteiger partial charge on any atom is 0.411 e. The Morgan fingerprint density at radius 2 is 1.10 bits per heavy atom. The van der Waals surface area contributed by atoms with E-state index in [1.807, 2.05) is 26.1 Å². The van der Waals surface area contributed by atoms with Crippen molar-refractivity contribution in [3.05, 3.63) is 124 Å². The summed E-state index contributed by atoms with van der Waals surface area (Å²) in [4.78, 5) is 52.6. The summed E-state index contributed by atoms with van der Waals surface area (Å²) in [5.74, 6) is -4.19. The molecule has 48 heavy (non-hydrogen) atoms. The summed E-state index contributed by atoms with van der Waals surface area (Å²) in [5, 5.41) is 4.96. The number of nitrogens with zero attached hydrogens (tertiary/aromatic N) is 1. The highest BCUT2D eigenvalue weighted by atomic mass is 19.4. The van der Waals surface area contributed by atoms with Crippen molar-refractivity contribution in [2.45, 2.75) is 44.0 Å². The molecule has 2 heterocycles. The normalized spacial score (nSPS) is 15.1. The van der Waals surface area contributed by atoms with Crippen LogP contribution < -0.4 is 15.5 Å². The van der Waals surface area contributed by atoms with E-state index in [4.69, 9.17) is 0 Å². The second-order valence-corrected chi connectivity index (χ2v) is 12.5. The van der Waals surface area contributed by atoms with Crippen LogP contribution >= 0.6 is 0 Å². The van der Waals surface area contributed by atoms with Crippen LogP contribution in [0.5, 0.6) is 0 Å². The minimum atomic E-state index is -6.06. The fourth-order valence-corrected chi connectivity index (χ4v) is 6.04. The molecule has 0 saturated heterocycles. The highest BCUT2D eigenvalue weighted by molar-refractivity contribution is 6.35. The molecule has 2 aliphatic rings. The molecule has 7 nitrogen and oxygen atoms in total. The molecule has 0 radical (unpaired) electrons. The highest BCUT2D eigenvalue weighted by Crippen LogP contribution is 2.57. The standard InChI is InChI=1S/C35H25F6N3O4/c1-32(2,3)18-11-14-26(42-21-7-5-4-6-8-21)27(17-18)44-30(47)23-13-10-20(16-25(23)31(44)48)33(34(36,37)38,35(39,40)41)19-9-12-22-24(15-19)29(46)43-28(22)45/h4-17,42H,1-3H3,(H,43,45,46). The Balaban J connectivity index is 1.53. The van der Waals surface area contributed by atoms with Gasteiger partial charge in [0, 0.05) is 5.69 Å². The van der Waals surface area contributed by atoms with Crippen LogP contribution in [0.25, 0.3) is 0 Å². The van der Waals surface area contributed by atoms with Crippen molar-refractivity contribution in [1.82, 2.24) is 5.32 Å². The number of carbonyl (C=O) groups is 4. The summed E-state index contributed by atoms with van der Waals surface area (Å²) in [7, 11) is 0. The zero-order valence-electron chi connectivity index (χ0n) is 25.4. The van der Waals surface area contributed by atoms with Gasteiger partial charge in [-0.2, -0.15) is 26.3 Å². The Kier molecular flexibility index (Phi) is 7.30. The Bertz CT molecular complexity index is 2020. The van der Waals surface area contributed by atoms with Crippen molar-refractivity contribution < 1.29 is 45.5 Å². The Morgan fingerprint density at radius 3 is 1.69 bits per heavy atom. The lowest BCUT2D eigenvalue weighted by Gasteiger charge is -2.38. The average molecular weight is 666 g/mol. The molecule has 0 saturated carbocycles. The first-order chi connectivity index (χ1) is 22.4. The maximum absolute atomic E-state index is 15.0. The summed E-state index contributed by atoms with van der Waals surface area (Å²) >= 11 is 0. The SMILES string of the molecule is CC(C)(C)c1ccc(Nc2ccccc2)c(N2C(=O)c3ccc(C(c4ccc5c(c4)C(=O)NC5=O)(C(F)(F)F)C(F)(F)F)cc3C2=O)c1. The predicted octanol–water partition coefficient (Wildman–Crippen LogP) is 7.82. The molecule has 0 atom stereocenters. The second-order valence-electron chi connectivity index (χ2n) is 12.5. The highest BCUT2D eigenvalue weighted by Gasteiger charge is 2.73. The third-order valence-electron chi connectivity index (χ3n) is 8.50. The van der Waals surface area contributed by atoms with Gasteiger partial charge in [0.1, 0.15) is 0 Å². The van der Waals surface area contributed by atoms with Gasteiger partial charge in [0.2, 0.25) is 5.41 Å². The first-order valence-electron chi connectivity index (χ1n) is 14.5. The van der Waals surface area contributed by atoms with E-state index in [1.54, 1.807) is 48.5 Å². The first kappa shape index (κ1) is 32.5. The third-order valence-corrected chi connectivity index (χ3v) is 8.50. The fraction of sp³-hybridized carbons (Fsp3) is 0.200. The number of hydrogen-bond acceptors (Lipinski definition) is 5. The number of rotatable bonds is 5. The molecule has 0 aliphatic carbocycles. The van der Waals surface area contributed by atoms with Gasteiger partial charge in [-0.25, -0.2) is 4.90 Å². The zero-order chi connectivity index (χ0) is 35.0. The van der Waals surface area contributed by atoms with Crippen molar-refractivity contribution in [2.75, 3.05) is 10.2 Å². The molecular weight excluding hydrogens is 640 g/mol. The van der Waals surface area contributed by atoms with Gasteiger partial charge in [0.05, 0.1) is 33.6 Å². The summed E-state index contributed by atoms with van der Waals surface area (Å²) in [6.07, 6.45) is -12.1. The van der Waals surface area contributed by atoms with Crippen molar-refractivity contribution in [2.24, 2.45) is 0 Å². The van der Waals surface area contributed by atoms with Crippen molar-refractivity contribution >= 4 is 40.7 Å². The number of fused-ring (bicyclic) bond motifs is 2. The number of nitrogens with one attached hydrogen (secondary N) is 2. The Morgan fingerprint density at radius 1 is 0.583 bits per heavy atom. The monoisotopic (exact) mass is 665 g/mol. The first-order valence-corrected chi connectivity index (χ1v) is 14.5. The number of halogens is 6. The lowest BCUT2D eigenvalue weighted by Crippen LogP contribution is -2.55. The largest absolute Gasteiger partial charge is 0.411 e. The number of carbonyl (C=O) groups excluding carboxylic acids is 4. The van der Waals surface area contributed by atoms with Gasteiger partial charge in [-0.05, 0) is 70.6 Å². The maximum atomic E-state index is 15.0. The van der Waals surface area contributed by atoms with E-state index in [-0.39, 0.29) is 16.9 Å². The molecule has 0 aromatic heterocycles. The molecule has 0 fully saturated rings. The molecule has 4 aromatic carbocycles. The van der Waals surface area contributed by atoms with Crippen LogP contribution in [0.1, 0.15) is 78.9 Å². The molecule has 4 aromatic rings. The zero-order valence-corrected chi connectivity index (χ0v) is 25.4. The molecular formula is C35H25F6N3O4. The summed E-state index contributed by atoms with van der Waals surface area (Å²) in [5.41, 5.74) is -8.51. The lowest BCUT2D eigenvalue weighted by atomic mass is 9.71. The van der Waals surface area contributed by atoms with Crippen molar-refractivity contribution in [3.63, 3.8) is 0 Å². The van der Waals surface area contributed by atoms with E-state index in [2.05, 4.69) is 5.32 Å². The summed E-state index contributed by atoms with van der Waals surface area (Å²) < 4.78 is 90.0. The average Bonchev–Trinajstić information content (AvgIpc) is 3.42. The van der Waals surface area contributed by atoms with Gasteiger partial charge in [-0.3, -0.25) is 24.5 Å². The molecule has 2 N–H and O–H groups in total. The molecule has 2 aliphatic heterocycles. The van der Waals surface area contributed by atoms with E-state index in [0.29, 0.717) is 41.6 Å². The number of alkyl halides is 6. The number of amides is 4. The van der Waals surface area contributed by atoms with Crippen LogP contribution in [0.4, 0.5) is 43.4 Å². The fourth-order valence-electron chi connectivity index (χ4n) is 6.04. The number of para-hydroxylation sites is 1. The van der Waals surface area contributed by atoms with E-state index >= 15 is 0 Å². The Labute approximate surface area is 269 Å². The number of benzene rings is 4. The molecule has 13 heteroatoms. The predicted molar refractivity (Wildman–Crippen MR) is 164 cm³/mol. The minimum Gasteiger partial charge on any atom is -0.354 e. The van der Waals surface area contributed by atoms with Gasteiger partial charge < -0.3 is 5.32 Å². The molecule has 246 valence electrons. The van der Waals surface area contributed by atoms with E-state index < -0.39 is 74.6 Å².